The molecule has 30 heavy (non-hydrogen) atoms. The quantitative estimate of drug-likeness (QED) is 0.739. The number of carbonyl (C=O) groups excluding carboxylic acids is 1. The van der Waals surface area contributed by atoms with E-state index in [1.165, 1.54) is 12.0 Å². The van der Waals surface area contributed by atoms with Gasteiger partial charge in [0.25, 0.3) is 0 Å². The van der Waals surface area contributed by atoms with Gasteiger partial charge in [0.2, 0.25) is 5.91 Å². The lowest BCUT2D eigenvalue weighted by Gasteiger charge is -2.33. The average Bonchev–Trinajstić information content (AvgIpc) is 2.92. The van der Waals surface area contributed by atoms with Crippen molar-refractivity contribution in [3.05, 3.63) is 34.9 Å². The fourth-order valence-electron chi connectivity index (χ4n) is 3.90. The predicted molar refractivity (Wildman–Crippen MR) is 103 cm³/mol. The molecule has 4 rings (SSSR count). The third-order valence-electron chi connectivity index (χ3n) is 5.56. The first-order chi connectivity index (χ1) is 14.1. The molecule has 10 heteroatoms. The third kappa shape index (κ3) is 6.09. The number of aliphatic carboxylic acids is 1. The molecule has 1 aromatic carbocycles. The SMILES string of the molecule is O=C(NC1CCC1)[C@H]1C[C@@H]2CN(Cc3cccc(Cl)c3)C[C@H]1O2.O=C(O)C(F)(F)F. The summed E-state index contributed by atoms with van der Waals surface area (Å²) in [4.78, 5) is 23.8. The van der Waals surface area contributed by atoms with E-state index < -0.39 is 12.1 Å². The molecular weight excluding hydrogens is 425 g/mol. The number of rotatable bonds is 4. The number of carboxylic acids is 1. The number of hydrogen-bond donors (Lipinski definition) is 2. The van der Waals surface area contributed by atoms with Gasteiger partial charge in [-0.15, -0.1) is 0 Å². The number of nitrogens with one attached hydrogen (secondary N) is 1. The van der Waals surface area contributed by atoms with Gasteiger partial charge in [-0.1, -0.05) is 23.7 Å². The molecule has 3 aliphatic rings. The molecular formula is C20H24ClF3N2O4. The van der Waals surface area contributed by atoms with Crippen LogP contribution in [0, 0.1) is 5.92 Å². The predicted octanol–water partition coefficient (Wildman–Crippen LogP) is 3.23. The van der Waals surface area contributed by atoms with Crippen LogP contribution in [0.3, 0.4) is 0 Å². The fourth-order valence-corrected chi connectivity index (χ4v) is 4.11. The summed E-state index contributed by atoms with van der Waals surface area (Å²) in [6.45, 7) is 2.59. The smallest absolute Gasteiger partial charge is 0.475 e. The highest BCUT2D eigenvalue weighted by atomic mass is 35.5. The number of alkyl halides is 3. The highest BCUT2D eigenvalue weighted by Crippen LogP contribution is 2.33. The van der Waals surface area contributed by atoms with Crippen molar-refractivity contribution < 1.29 is 32.6 Å². The van der Waals surface area contributed by atoms with Gasteiger partial charge < -0.3 is 15.2 Å². The number of ether oxygens (including phenoxy) is 1. The van der Waals surface area contributed by atoms with Crippen LogP contribution in [-0.4, -0.2) is 59.4 Å². The molecule has 2 heterocycles. The van der Waals surface area contributed by atoms with Gasteiger partial charge >= 0.3 is 12.1 Å². The number of hydrogen-bond acceptors (Lipinski definition) is 4. The second-order valence-corrected chi connectivity index (χ2v) is 8.34. The third-order valence-corrected chi connectivity index (χ3v) is 5.79. The molecule has 1 saturated carbocycles. The van der Waals surface area contributed by atoms with Crippen molar-refractivity contribution in [2.75, 3.05) is 13.1 Å². The number of morpholine rings is 1. The number of likely N-dealkylation sites (tertiary alicyclic amines) is 1. The van der Waals surface area contributed by atoms with Crippen LogP contribution in [0.5, 0.6) is 0 Å². The zero-order valence-electron chi connectivity index (χ0n) is 16.2. The molecule has 1 aliphatic carbocycles. The molecule has 1 amide bonds. The van der Waals surface area contributed by atoms with Gasteiger partial charge in [-0.25, -0.2) is 4.79 Å². The first-order valence-electron chi connectivity index (χ1n) is 9.84. The Morgan fingerprint density at radius 3 is 2.53 bits per heavy atom. The van der Waals surface area contributed by atoms with Crippen molar-refractivity contribution in [1.29, 1.82) is 0 Å². The number of carbonyl (C=O) groups is 2. The summed E-state index contributed by atoms with van der Waals surface area (Å²) in [5.41, 5.74) is 1.22. The van der Waals surface area contributed by atoms with Crippen molar-refractivity contribution in [3.8, 4) is 0 Å². The Kier molecular flexibility index (Phi) is 7.26. The highest BCUT2D eigenvalue weighted by molar-refractivity contribution is 6.30. The first kappa shape index (κ1) is 22.8. The van der Waals surface area contributed by atoms with Crippen molar-refractivity contribution in [1.82, 2.24) is 10.2 Å². The van der Waals surface area contributed by atoms with Crippen LogP contribution in [0.15, 0.2) is 24.3 Å². The van der Waals surface area contributed by atoms with Crippen LogP contribution < -0.4 is 5.32 Å². The van der Waals surface area contributed by atoms with Crippen molar-refractivity contribution in [2.24, 2.45) is 5.92 Å². The minimum atomic E-state index is -5.08. The number of nitrogens with zero attached hydrogens (tertiary/aromatic N) is 1. The van der Waals surface area contributed by atoms with Crippen LogP contribution in [-0.2, 0) is 20.9 Å². The molecule has 6 nitrogen and oxygen atoms in total. The monoisotopic (exact) mass is 448 g/mol. The van der Waals surface area contributed by atoms with Gasteiger partial charge in [-0.2, -0.15) is 13.2 Å². The van der Waals surface area contributed by atoms with E-state index in [4.69, 9.17) is 26.2 Å². The molecule has 0 unspecified atom stereocenters. The topological polar surface area (TPSA) is 78.9 Å². The highest BCUT2D eigenvalue weighted by Gasteiger charge is 2.45. The molecule has 166 valence electrons. The number of benzene rings is 1. The number of halogens is 4. The summed E-state index contributed by atoms with van der Waals surface area (Å²) in [7, 11) is 0. The van der Waals surface area contributed by atoms with Gasteiger partial charge in [0.15, 0.2) is 0 Å². The number of amides is 1. The second-order valence-electron chi connectivity index (χ2n) is 7.90. The molecule has 2 aliphatic heterocycles. The van der Waals surface area contributed by atoms with Crippen LogP contribution in [0.1, 0.15) is 31.2 Å². The van der Waals surface area contributed by atoms with E-state index in [-0.39, 0.29) is 24.0 Å². The molecule has 0 radical (unpaired) electrons. The van der Waals surface area contributed by atoms with Gasteiger partial charge in [-0.05, 0) is 43.4 Å². The summed E-state index contributed by atoms with van der Waals surface area (Å²) in [6.07, 6.45) is -0.498. The van der Waals surface area contributed by atoms with Crippen molar-refractivity contribution in [3.63, 3.8) is 0 Å². The zero-order chi connectivity index (χ0) is 21.9. The Bertz CT molecular complexity index is 773. The summed E-state index contributed by atoms with van der Waals surface area (Å²) in [6, 6.07) is 8.41. The fraction of sp³-hybridized carbons (Fsp3) is 0.600. The van der Waals surface area contributed by atoms with Gasteiger partial charge in [0, 0.05) is 30.7 Å². The van der Waals surface area contributed by atoms with E-state index in [9.17, 15) is 18.0 Å². The van der Waals surface area contributed by atoms with Crippen molar-refractivity contribution in [2.45, 2.75) is 56.7 Å². The second kappa shape index (κ2) is 9.53. The lowest BCUT2D eigenvalue weighted by atomic mass is 9.91. The number of fused-ring (bicyclic) bond motifs is 2. The Balaban J connectivity index is 0.000000318. The van der Waals surface area contributed by atoms with E-state index in [0.717, 1.165) is 43.9 Å². The largest absolute Gasteiger partial charge is 0.490 e. The Morgan fingerprint density at radius 2 is 1.97 bits per heavy atom. The summed E-state index contributed by atoms with van der Waals surface area (Å²) in [5.74, 6) is -2.54. The van der Waals surface area contributed by atoms with Crippen LogP contribution in [0.25, 0.3) is 0 Å². The van der Waals surface area contributed by atoms with Gasteiger partial charge in [0.05, 0.1) is 18.1 Å². The van der Waals surface area contributed by atoms with E-state index in [0.29, 0.717) is 6.04 Å². The molecule has 0 spiro atoms. The van der Waals surface area contributed by atoms with E-state index in [1.54, 1.807) is 0 Å². The summed E-state index contributed by atoms with van der Waals surface area (Å²) < 4.78 is 37.8. The first-order valence-corrected chi connectivity index (χ1v) is 10.2. The van der Waals surface area contributed by atoms with Gasteiger partial charge in [-0.3, -0.25) is 9.69 Å². The van der Waals surface area contributed by atoms with E-state index >= 15 is 0 Å². The van der Waals surface area contributed by atoms with Crippen LogP contribution in [0.2, 0.25) is 5.02 Å². The zero-order valence-corrected chi connectivity index (χ0v) is 17.0. The molecule has 2 bridgehead atoms. The maximum absolute atomic E-state index is 12.5. The van der Waals surface area contributed by atoms with Gasteiger partial charge in [0.1, 0.15) is 0 Å². The summed E-state index contributed by atoms with van der Waals surface area (Å²) in [5, 5.41) is 11.1. The van der Waals surface area contributed by atoms with Crippen molar-refractivity contribution >= 4 is 23.5 Å². The minimum Gasteiger partial charge on any atom is -0.475 e. The molecule has 0 aromatic heterocycles. The van der Waals surface area contributed by atoms with E-state index in [1.807, 2.05) is 18.2 Å². The lowest BCUT2D eigenvalue weighted by Crippen LogP contribution is -2.47. The standard InChI is InChI=1S/C18H23ClN2O2.C2HF3O2/c19-13-4-1-3-12(7-13)9-21-10-15-8-16(17(11-21)23-15)18(22)20-14-5-2-6-14;3-2(4,5)1(6)7/h1,3-4,7,14-17H,2,5-6,8-11H2,(H,20,22);(H,6,7)/t15-,16+,17-;/m1./s1. The number of carboxylic acid groups (broad SMARTS) is 1. The molecule has 2 N–H and O–H groups in total. The molecule has 3 fully saturated rings. The van der Waals surface area contributed by atoms with Crippen LogP contribution in [0.4, 0.5) is 13.2 Å². The summed E-state index contributed by atoms with van der Waals surface area (Å²) >= 11 is 6.07. The van der Waals surface area contributed by atoms with E-state index in [2.05, 4.69) is 16.3 Å². The Labute approximate surface area is 177 Å². The Hall–Kier alpha value is -1.84. The minimum absolute atomic E-state index is 0.0185. The molecule has 1 aromatic rings. The van der Waals surface area contributed by atoms with Crippen LogP contribution >= 0.6 is 11.6 Å². The maximum atomic E-state index is 12.5. The molecule has 2 saturated heterocycles. The lowest BCUT2D eigenvalue weighted by molar-refractivity contribution is -0.192. The normalized spacial score (nSPS) is 26.3. The Morgan fingerprint density at radius 1 is 1.27 bits per heavy atom. The maximum Gasteiger partial charge on any atom is 0.490 e. The average molecular weight is 449 g/mol. The molecule has 3 atom stereocenters.